The molecule has 1 aromatic rings. The lowest BCUT2D eigenvalue weighted by Crippen LogP contribution is -2.29. The van der Waals surface area contributed by atoms with Gasteiger partial charge in [-0.25, -0.2) is 0 Å². The Kier molecular flexibility index (Phi) is 3.69. The van der Waals surface area contributed by atoms with Gasteiger partial charge in [-0.1, -0.05) is 25.4 Å². The van der Waals surface area contributed by atoms with Gasteiger partial charge in [0.25, 0.3) is 5.91 Å². The lowest BCUT2D eigenvalue weighted by Gasteiger charge is -2.17. The molecule has 1 saturated heterocycles. The van der Waals surface area contributed by atoms with E-state index in [9.17, 15) is 4.79 Å². The molecule has 1 amide bonds. The van der Waals surface area contributed by atoms with Crippen LogP contribution in [0.1, 0.15) is 24.2 Å². The molecule has 2 rings (SSSR count). The van der Waals surface area contributed by atoms with Gasteiger partial charge < -0.3 is 4.90 Å². The fourth-order valence-corrected chi connectivity index (χ4v) is 2.55. The molecule has 17 heavy (non-hydrogen) atoms. The van der Waals surface area contributed by atoms with Crippen molar-refractivity contribution in [3.8, 4) is 0 Å². The van der Waals surface area contributed by atoms with E-state index in [1.54, 1.807) is 18.2 Å². The van der Waals surface area contributed by atoms with E-state index in [-0.39, 0.29) is 5.91 Å². The van der Waals surface area contributed by atoms with Crippen LogP contribution in [0.4, 0.5) is 0 Å². The van der Waals surface area contributed by atoms with Gasteiger partial charge in [-0.05, 0) is 30.0 Å². The summed E-state index contributed by atoms with van der Waals surface area (Å²) < 4.78 is 0. The summed E-state index contributed by atoms with van der Waals surface area (Å²) >= 11 is 10.3. The Labute approximate surface area is 112 Å². The van der Waals surface area contributed by atoms with E-state index >= 15 is 0 Å². The topological polar surface area (TPSA) is 20.3 Å². The average Bonchev–Trinajstić information content (AvgIpc) is 2.62. The quantitative estimate of drug-likeness (QED) is 0.775. The third-order valence-corrected chi connectivity index (χ3v) is 4.06. The van der Waals surface area contributed by atoms with E-state index in [1.165, 1.54) is 0 Å². The van der Waals surface area contributed by atoms with Crippen LogP contribution in [0.15, 0.2) is 23.1 Å². The van der Waals surface area contributed by atoms with Crippen LogP contribution in [0, 0.1) is 11.8 Å². The molecular weight excluding hydrogens is 254 g/mol. The van der Waals surface area contributed by atoms with Gasteiger partial charge in [0.2, 0.25) is 0 Å². The van der Waals surface area contributed by atoms with Gasteiger partial charge in [0, 0.05) is 18.0 Å². The highest BCUT2D eigenvalue weighted by Crippen LogP contribution is 2.27. The van der Waals surface area contributed by atoms with Crippen molar-refractivity contribution in [3.63, 3.8) is 0 Å². The predicted molar refractivity (Wildman–Crippen MR) is 72.9 cm³/mol. The summed E-state index contributed by atoms with van der Waals surface area (Å²) in [6, 6.07) is 5.25. The first-order chi connectivity index (χ1) is 7.99. The Morgan fingerprint density at radius 3 is 2.53 bits per heavy atom. The summed E-state index contributed by atoms with van der Waals surface area (Å²) in [4.78, 5) is 15.0. The average molecular weight is 270 g/mol. The molecule has 2 unspecified atom stereocenters. The molecule has 0 spiro atoms. The number of halogens is 1. The van der Waals surface area contributed by atoms with E-state index in [2.05, 4.69) is 26.5 Å². The number of nitrogens with zero attached hydrogens (tertiary/aromatic N) is 1. The van der Waals surface area contributed by atoms with Crippen molar-refractivity contribution in [1.29, 1.82) is 0 Å². The van der Waals surface area contributed by atoms with Crippen LogP contribution in [-0.4, -0.2) is 23.9 Å². The Morgan fingerprint density at radius 2 is 1.94 bits per heavy atom. The zero-order valence-electron chi connectivity index (χ0n) is 9.98. The number of thiol groups is 1. The second-order valence-electron chi connectivity index (χ2n) is 4.83. The number of hydrogen-bond acceptors (Lipinski definition) is 2. The van der Waals surface area contributed by atoms with Crippen molar-refractivity contribution in [2.45, 2.75) is 18.7 Å². The molecule has 0 radical (unpaired) electrons. The maximum Gasteiger partial charge on any atom is 0.255 e. The van der Waals surface area contributed by atoms with Gasteiger partial charge >= 0.3 is 0 Å². The standard InChI is InChI=1S/C13H16ClNOS/c1-8-6-15(7-9(8)2)13(16)11-5-10(17)3-4-12(11)14/h3-5,8-9,17H,6-7H2,1-2H3. The van der Waals surface area contributed by atoms with Crippen molar-refractivity contribution < 1.29 is 4.79 Å². The number of benzene rings is 1. The highest BCUT2D eigenvalue weighted by atomic mass is 35.5. The van der Waals surface area contributed by atoms with E-state index in [0.29, 0.717) is 22.4 Å². The van der Waals surface area contributed by atoms with Gasteiger partial charge in [0.1, 0.15) is 0 Å². The minimum absolute atomic E-state index is 0.0158. The molecule has 4 heteroatoms. The second-order valence-corrected chi connectivity index (χ2v) is 5.75. The van der Waals surface area contributed by atoms with Crippen LogP contribution in [0.25, 0.3) is 0 Å². The van der Waals surface area contributed by atoms with Crippen LogP contribution in [0.5, 0.6) is 0 Å². The molecule has 0 N–H and O–H groups in total. The number of hydrogen-bond donors (Lipinski definition) is 1. The Morgan fingerprint density at radius 1 is 1.35 bits per heavy atom. The minimum atomic E-state index is 0.0158. The lowest BCUT2D eigenvalue weighted by molar-refractivity contribution is 0.0785. The number of carbonyl (C=O) groups is 1. The summed E-state index contributed by atoms with van der Waals surface area (Å²) in [5, 5.41) is 0.500. The molecule has 2 atom stereocenters. The minimum Gasteiger partial charge on any atom is -0.338 e. The first-order valence-corrected chi connectivity index (χ1v) is 6.59. The molecule has 0 aliphatic carbocycles. The number of rotatable bonds is 1. The fourth-order valence-electron chi connectivity index (χ4n) is 2.14. The summed E-state index contributed by atoms with van der Waals surface area (Å²) in [6.07, 6.45) is 0. The molecule has 1 fully saturated rings. The zero-order valence-corrected chi connectivity index (χ0v) is 11.6. The van der Waals surface area contributed by atoms with Crippen LogP contribution < -0.4 is 0 Å². The van der Waals surface area contributed by atoms with Crippen molar-refractivity contribution in [1.82, 2.24) is 4.90 Å². The Hall–Kier alpha value is -0.670. The highest BCUT2D eigenvalue weighted by Gasteiger charge is 2.30. The largest absolute Gasteiger partial charge is 0.338 e. The van der Waals surface area contributed by atoms with Crippen LogP contribution in [0.2, 0.25) is 5.02 Å². The van der Waals surface area contributed by atoms with Crippen molar-refractivity contribution in [3.05, 3.63) is 28.8 Å². The molecule has 92 valence electrons. The third kappa shape index (κ3) is 2.61. The van der Waals surface area contributed by atoms with Gasteiger partial charge in [-0.15, -0.1) is 12.6 Å². The number of carbonyl (C=O) groups excluding carboxylic acids is 1. The van der Waals surface area contributed by atoms with Crippen LogP contribution >= 0.6 is 24.2 Å². The van der Waals surface area contributed by atoms with E-state index < -0.39 is 0 Å². The highest BCUT2D eigenvalue weighted by molar-refractivity contribution is 7.80. The van der Waals surface area contributed by atoms with Crippen molar-refractivity contribution >= 4 is 30.1 Å². The first kappa shape index (κ1) is 12.8. The first-order valence-electron chi connectivity index (χ1n) is 5.77. The van der Waals surface area contributed by atoms with Crippen molar-refractivity contribution in [2.24, 2.45) is 11.8 Å². The molecule has 2 nitrogen and oxygen atoms in total. The summed E-state index contributed by atoms with van der Waals surface area (Å²) in [5.41, 5.74) is 0.556. The SMILES string of the molecule is CC1CN(C(=O)c2cc(S)ccc2Cl)CC1C. The van der Waals surface area contributed by atoms with Crippen molar-refractivity contribution in [2.75, 3.05) is 13.1 Å². The van der Waals surface area contributed by atoms with E-state index in [1.807, 2.05) is 4.90 Å². The molecule has 1 aromatic carbocycles. The van der Waals surface area contributed by atoms with Crippen LogP contribution in [0.3, 0.4) is 0 Å². The number of amides is 1. The van der Waals surface area contributed by atoms with Gasteiger partial charge in [-0.2, -0.15) is 0 Å². The summed E-state index contributed by atoms with van der Waals surface area (Å²) in [7, 11) is 0. The molecule has 1 aliphatic rings. The smallest absolute Gasteiger partial charge is 0.255 e. The van der Waals surface area contributed by atoms with E-state index in [0.717, 1.165) is 18.0 Å². The molecule has 0 aromatic heterocycles. The number of likely N-dealkylation sites (tertiary alicyclic amines) is 1. The van der Waals surface area contributed by atoms with Gasteiger partial charge in [0.05, 0.1) is 10.6 Å². The zero-order chi connectivity index (χ0) is 12.6. The Bertz CT molecular complexity index is 439. The second kappa shape index (κ2) is 4.91. The van der Waals surface area contributed by atoms with Crippen LogP contribution in [-0.2, 0) is 0 Å². The van der Waals surface area contributed by atoms with E-state index in [4.69, 9.17) is 11.6 Å². The summed E-state index contributed by atoms with van der Waals surface area (Å²) in [5.74, 6) is 1.12. The molecule has 0 saturated carbocycles. The maximum absolute atomic E-state index is 12.3. The molecule has 0 bridgehead atoms. The molecule has 1 aliphatic heterocycles. The lowest BCUT2D eigenvalue weighted by atomic mass is 10.0. The third-order valence-electron chi connectivity index (χ3n) is 3.46. The molecule has 1 heterocycles. The normalized spacial score (nSPS) is 24.1. The maximum atomic E-state index is 12.3. The summed E-state index contributed by atoms with van der Waals surface area (Å²) in [6.45, 7) is 5.98. The molecular formula is C13H16ClNOS. The monoisotopic (exact) mass is 269 g/mol. The predicted octanol–water partition coefficient (Wildman–Crippen LogP) is 3.36. The fraction of sp³-hybridized carbons (Fsp3) is 0.462. The van der Waals surface area contributed by atoms with Gasteiger partial charge in [0.15, 0.2) is 0 Å². The van der Waals surface area contributed by atoms with Gasteiger partial charge in [-0.3, -0.25) is 4.79 Å². The Balaban J connectivity index is 2.23.